The average Bonchev–Trinajstić information content (AvgIpc) is 2.77. The van der Waals surface area contributed by atoms with Crippen molar-refractivity contribution in [2.75, 3.05) is 13.1 Å². The molecule has 0 fully saturated rings. The molecular weight excluding hydrogens is 232 g/mol. The van der Waals surface area contributed by atoms with Gasteiger partial charge in [-0.05, 0) is 43.5 Å². The summed E-state index contributed by atoms with van der Waals surface area (Å²) in [7, 11) is 0. The normalized spacial score (nSPS) is 21.9. The number of benzene rings is 1. The van der Waals surface area contributed by atoms with Crippen LogP contribution >= 0.6 is 0 Å². The number of nitrogens with two attached hydrogens (primary N) is 1. The van der Waals surface area contributed by atoms with Gasteiger partial charge in [0.15, 0.2) is 0 Å². The number of unbranched alkanes of at least 4 members (excludes halogenated alkanes) is 2. The van der Waals surface area contributed by atoms with E-state index in [1.165, 1.54) is 49.9 Å². The molecule has 2 N–H and O–H groups in total. The van der Waals surface area contributed by atoms with Crippen LogP contribution in [0.3, 0.4) is 0 Å². The molecule has 106 valence electrons. The van der Waals surface area contributed by atoms with Crippen LogP contribution in [0, 0.1) is 0 Å². The van der Waals surface area contributed by atoms with E-state index in [4.69, 9.17) is 5.73 Å². The monoisotopic (exact) mass is 260 g/mol. The summed E-state index contributed by atoms with van der Waals surface area (Å²) < 4.78 is 0. The molecule has 1 aromatic rings. The molecule has 2 heteroatoms. The van der Waals surface area contributed by atoms with Gasteiger partial charge in [0.25, 0.3) is 0 Å². The van der Waals surface area contributed by atoms with E-state index in [2.05, 4.69) is 43.0 Å². The fraction of sp³-hybridized carbons (Fsp3) is 0.647. The van der Waals surface area contributed by atoms with Gasteiger partial charge in [0.2, 0.25) is 0 Å². The minimum Gasteiger partial charge on any atom is -0.324 e. The lowest BCUT2D eigenvalue weighted by molar-refractivity contribution is 0.186. The minimum absolute atomic E-state index is 0.229. The minimum atomic E-state index is 0.229. The van der Waals surface area contributed by atoms with Crippen LogP contribution in [0.5, 0.6) is 0 Å². The second-order valence-corrected chi connectivity index (χ2v) is 5.73. The molecule has 2 nitrogen and oxygen atoms in total. The van der Waals surface area contributed by atoms with Gasteiger partial charge in [0.1, 0.15) is 0 Å². The van der Waals surface area contributed by atoms with Crippen molar-refractivity contribution < 1.29 is 0 Å². The van der Waals surface area contributed by atoms with Crippen LogP contribution in [0.2, 0.25) is 0 Å². The summed E-state index contributed by atoms with van der Waals surface area (Å²) in [4.78, 5) is 2.67. The van der Waals surface area contributed by atoms with E-state index >= 15 is 0 Å². The Bertz CT molecular complexity index is 381. The molecule has 1 aliphatic carbocycles. The maximum absolute atomic E-state index is 6.31. The van der Waals surface area contributed by atoms with Crippen molar-refractivity contribution in [1.82, 2.24) is 4.90 Å². The van der Waals surface area contributed by atoms with Crippen molar-refractivity contribution >= 4 is 0 Å². The highest BCUT2D eigenvalue weighted by Crippen LogP contribution is 2.40. The van der Waals surface area contributed by atoms with E-state index in [0.717, 1.165) is 6.42 Å². The van der Waals surface area contributed by atoms with E-state index < -0.39 is 0 Å². The van der Waals surface area contributed by atoms with Gasteiger partial charge in [0.05, 0.1) is 0 Å². The summed E-state index contributed by atoms with van der Waals surface area (Å²) >= 11 is 0. The topological polar surface area (TPSA) is 29.3 Å². The first-order valence-electron chi connectivity index (χ1n) is 7.86. The van der Waals surface area contributed by atoms with Crippen molar-refractivity contribution in [1.29, 1.82) is 0 Å². The quantitative estimate of drug-likeness (QED) is 0.802. The molecular formula is C17H28N2. The number of hydrogen-bond donors (Lipinski definition) is 1. The largest absolute Gasteiger partial charge is 0.324 e. The number of hydrogen-bond acceptors (Lipinski definition) is 2. The second kappa shape index (κ2) is 7.06. The first-order valence-corrected chi connectivity index (χ1v) is 7.86. The first kappa shape index (κ1) is 14.5. The molecule has 0 radical (unpaired) electrons. The van der Waals surface area contributed by atoms with Crippen molar-refractivity contribution in [3.63, 3.8) is 0 Å². The fourth-order valence-electron chi connectivity index (χ4n) is 3.14. The summed E-state index contributed by atoms with van der Waals surface area (Å²) in [6, 6.07) is 9.53. The molecule has 0 aliphatic heterocycles. The molecule has 0 heterocycles. The van der Waals surface area contributed by atoms with Gasteiger partial charge in [-0.1, -0.05) is 51.0 Å². The van der Waals surface area contributed by atoms with Gasteiger partial charge in [-0.25, -0.2) is 0 Å². The number of fused-ring (bicyclic) bond motifs is 1. The van der Waals surface area contributed by atoms with Crippen LogP contribution in [-0.2, 0) is 0 Å². The Morgan fingerprint density at radius 3 is 2.21 bits per heavy atom. The van der Waals surface area contributed by atoms with Crippen molar-refractivity contribution in [3.05, 3.63) is 35.4 Å². The van der Waals surface area contributed by atoms with Crippen molar-refractivity contribution in [2.45, 2.75) is 58.0 Å². The third kappa shape index (κ3) is 3.37. The second-order valence-electron chi connectivity index (χ2n) is 5.73. The van der Waals surface area contributed by atoms with Crippen LogP contribution in [0.15, 0.2) is 24.3 Å². The molecule has 2 rings (SSSR count). The molecule has 0 bridgehead atoms. The average molecular weight is 260 g/mol. The molecule has 0 aromatic heterocycles. The van der Waals surface area contributed by atoms with Gasteiger partial charge in [-0.2, -0.15) is 0 Å². The maximum Gasteiger partial charge on any atom is 0.0369 e. The van der Waals surface area contributed by atoms with Gasteiger partial charge >= 0.3 is 0 Å². The first-order chi connectivity index (χ1) is 9.27. The Hall–Kier alpha value is -0.860. The van der Waals surface area contributed by atoms with Crippen molar-refractivity contribution in [2.24, 2.45) is 5.73 Å². The van der Waals surface area contributed by atoms with Crippen LogP contribution in [0.4, 0.5) is 0 Å². The Balaban J connectivity index is 2.13. The van der Waals surface area contributed by atoms with Gasteiger partial charge < -0.3 is 5.73 Å². The van der Waals surface area contributed by atoms with Crippen molar-refractivity contribution in [3.8, 4) is 0 Å². The summed E-state index contributed by atoms with van der Waals surface area (Å²) in [5.74, 6) is 0. The van der Waals surface area contributed by atoms with Gasteiger partial charge in [-0.3, -0.25) is 4.90 Å². The molecule has 0 saturated heterocycles. The molecule has 0 spiro atoms. The molecule has 19 heavy (non-hydrogen) atoms. The highest BCUT2D eigenvalue weighted by molar-refractivity contribution is 5.37. The Kier molecular flexibility index (Phi) is 5.41. The SMILES string of the molecule is CCCCN(CCCC)C1CC(N)c2ccccc21. The number of nitrogens with zero attached hydrogens (tertiary/aromatic N) is 1. The summed E-state index contributed by atoms with van der Waals surface area (Å²) in [6.45, 7) is 6.96. The van der Waals surface area contributed by atoms with E-state index in [9.17, 15) is 0 Å². The lowest BCUT2D eigenvalue weighted by Gasteiger charge is -2.29. The van der Waals surface area contributed by atoms with E-state index in [0.29, 0.717) is 6.04 Å². The van der Waals surface area contributed by atoms with Crippen LogP contribution in [0.25, 0.3) is 0 Å². The molecule has 2 atom stereocenters. The molecule has 1 aliphatic rings. The zero-order valence-electron chi connectivity index (χ0n) is 12.4. The Labute approximate surface area is 118 Å². The fourth-order valence-corrected chi connectivity index (χ4v) is 3.14. The predicted octanol–water partition coefficient (Wildman–Crippen LogP) is 4.03. The smallest absolute Gasteiger partial charge is 0.0369 e. The van der Waals surface area contributed by atoms with Crippen LogP contribution in [0.1, 0.15) is 69.2 Å². The summed E-state index contributed by atoms with van der Waals surface area (Å²) in [5.41, 5.74) is 9.15. The Morgan fingerprint density at radius 2 is 1.63 bits per heavy atom. The molecule has 0 saturated carbocycles. The Morgan fingerprint density at radius 1 is 1.05 bits per heavy atom. The maximum atomic E-state index is 6.31. The summed E-state index contributed by atoms with van der Waals surface area (Å²) in [6.07, 6.45) is 6.20. The molecule has 1 aromatic carbocycles. The molecule has 2 unspecified atom stereocenters. The van der Waals surface area contributed by atoms with Crippen LogP contribution in [-0.4, -0.2) is 18.0 Å². The van der Waals surface area contributed by atoms with E-state index in [1.54, 1.807) is 0 Å². The predicted molar refractivity (Wildman–Crippen MR) is 82.1 cm³/mol. The highest BCUT2D eigenvalue weighted by Gasteiger charge is 2.31. The summed E-state index contributed by atoms with van der Waals surface area (Å²) in [5, 5.41) is 0. The van der Waals surface area contributed by atoms with Gasteiger partial charge in [-0.15, -0.1) is 0 Å². The third-order valence-electron chi connectivity index (χ3n) is 4.27. The zero-order chi connectivity index (χ0) is 13.7. The highest BCUT2D eigenvalue weighted by atomic mass is 15.2. The molecule has 0 amide bonds. The lowest BCUT2D eigenvalue weighted by Crippen LogP contribution is -2.30. The van der Waals surface area contributed by atoms with E-state index in [1.807, 2.05) is 0 Å². The number of rotatable bonds is 7. The third-order valence-corrected chi connectivity index (χ3v) is 4.27. The lowest BCUT2D eigenvalue weighted by atomic mass is 10.1. The van der Waals surface area contributed by atoms with Gasteiger partial charge in [0, 0.05) is 12.1 Å². The van der Waals surface area contributed by atoms with E-state index in [-0.39, 0.29) is 6.04 Å². The zero-order valence-corrected chi connectivity index (χ0v) is 12.4. The standard InChI is InChI=1S/C17H28N2/c1-3-5-11-19(12-6-4-2)17-13-16(18)14-9-7-8-10-15(14)17/h7-10,16-17H,3-6,11-13,18H2,1-2H3. The van der Waals surface area contributed by atoms with Crippen LogP contribution < -0.4 is 5.73 Å².